The summed E-state index contributed by atoms with van der Waals surface area (Å²) >= 11 is 0. The highest BCUT2D eigenvalue weighted by Crippen LogP contribution is 2.21. The third-order valence-electron chi connectivity index (χ3n) is 3.16. The molecule has 0 atom stereocenters. The van der Waals surface area contributed by atoms with Gasteiger partial charge in [-0.25, -0.2) is 12.8 Å². The molecule has 0 saturated heterocycles. The summed E-state index contributed by atoms with van der Waals surface area (Å²) in [7, 11) is -3.60. The van der Waals surface area contributed by atoms with E-state index in [1.165, 1.54) is 12.1 Å². The molecule has 2 N–H and O–H groups in total. The van der Waals surface area contributed by atoms with Crippen molar-refractivity contribution in [1.82, 2.24) is 0 Å². The van der Waals surface area contributed by atoms with Crippen LogP contribution in [0.5, 0.6) is 0 Å². The van der Waals surface area contributed by atoms with Gasteiger partial charge >= 0.3 is 0 Å². The number of sulfonamides is 1. The number of hydrogen-bond donors (Lipinski definition) is 2. The van der Waals surface area contributed by atoms with Gasteiger partial charge in [0.15, 0.2) is 0 Å². The number of carbonyl (C=O) groups excluding carboxylic acids is 1. The number of benzene rings is 2. The quantitative estimate of drug-likeness (QED) is 0.881. The largest absolute Gasteiger partial charge is 0.326 e. The van der Waals surface area contributed by atoms with Gasteiger partial charge < -0.3 is 5.32 Å². The van der Waals surface area contributed by atoms with Crippen molar-refractivity contribution in [2.24, 2.45) is 0 Å². The van der Waals surface area contributed by atoms with Crippen molar-refractivity contribution < 1.29 is 17.6 Å². The number of amides is 1. The first-order valence-electron chi connectivity index (χ1n) is 6.86. The monoisotopic (exact) mass is 336 g/mol. The van der Waals surface area contributed by atoms with E-state index in [1.54, 1.807) is 0 Å². The summed E-state index contributed by atoms with van der Waals surface area (Å²) in [6.07, 6.45) is 1.11. The third-order valence-corrected chi connectivity index (χ3v) is 3.75. The van der Waals surface area contributed by atoms with Crippen LogP contribution in [0.4, 0.5) is 15.8 Å². The van der Waals surface area contributed by atoms with Crippen molar-refractivity contribution in [2.75, 3.05) is 16.3 Å². The van der Waals surface area contributed by atoms with E-state index in [2.05, 4.69) is 10.0 Å². The summed E-state index contributed by atoms with van der Waals surface area (Å²) in [5.41, 5.74) is 2.00. The third kappa shape index (κ3) is 5.07. The minimum atomic E-state index is -3.60. The van der Waals surface area contributed by atoms with Gasteiger partial charge in [-0.2, -0.15) is 0 Å². The van der Waals surface area contributed by atoms with E-state index in [-0.39, 0.29) is 18.0 Å². The molecule has 0 aromatic heterocycles. The molecule has 0 saturated carbocycles. The van der Waals surface area contributed by atoms with Crippen LogP contribution in [0.1, 0.15) is 11.1 Å². The van der Waals surface area contributed by atoms with Gasteiger partial charge in [0.25, 0.3) is 0 Å². The summed E-state index contributed by atoms with van der Waals surface area (Å²) in [6.45, 7) is 1.91. The highest BCUT2D eigenvalue weighted by atomic mass is 32.2. The van der Waals surface area contributed by atoms with Crippen LogP contribution in [-0.2, 0) is 21.2 Å². The summed E-state index contributed by atoms with van der Waals surface area (Å²) in [5, 5.41) is 2.63. The molecule has 7 heteroatoms. The molecule has 23 heavy (non-hydrogen) atoms. The Morgan fingerprint density at radius 1 is 1.17 bits per heavy atom. The molecule has 1 amide bonds. The van der Waals surface area contributed by atoms with Gasteiger partial charge in [-0.1, -0.05) is 24.3 Å². The van der Waals surface area contributed by atoms with E-state index in [1.807, 2.05) is 31.2 Å². The Kier molecular flexibility index (Phi) is 5.00. The topological polar surface area (TPSA) is 75.3 Å². The van der Waals surface area contributed by atoms with Crippen LogP contribution in [0.2, 0.25) is 0 Å². The van der Waals surface area contributed by atoms with Crippen LogP contribution in [-0.4, -0.2) is 20.6 Å². The predicted molar refractivity (Wildman–Crippen MR) is 88.4 cm³/mol. The highest BCUT2D eigenvalue weighted by Gasteiger charge is 2.11. The minimum absolute atomic E-state index is 0.179. The number of nitrogens with one attached hydrogen (secondary N) is 2. The lowest BCUT2D eigenvalue weighted by Crippen LogP contribution is -2.16. The van der Waals surface area contributed by atoms with E-state index in [4.69, 9.17) is 0 Å². The Labute approximate surface area is 134 Å². The first kappa shape index (κ1) is 17.0. The molecular formula is C16H17FN2O3S. The molecular weight excluding hydrogens is 319 g/mol. The number of rotatable bonds is 5. The number of aryl methyl sites for hydroxylation is 1. The molecule has 122 valence electrons. The molecule has 0 aliphatic rings. The van der Waals surface area contributed by atoms with Gasteiger partial charge in [0.05, 0.1) is 18.4 Å². The van der Waals surface area contributed by atoms with Gasteiger partial charge in [-0.15, -0.1) is 0 Å². The van der Waals surface area contributed by atoms with Crippen molar-refractivity contribution in [3.63, 3.8) is 0 Å². The van der Waals surface area contributed by atoms with Gasteiger partial charge in [0, 0.05) is 5.69 Å². The molecule has 5 nitrogen and oxygen atoms in total. The molecule has 0 unspecified atom stereocenters. The van der Waals surface area contributed by atoms with Crippen LogP contribution >= 0.6 is 0 Å². The van der Waals surface area contributed by atoms with Crippen molar-refractivity contribution in [2.45, 2.75) is 13.3 Å². The second kappa shape index (κ2) is 6.78. The summed E-state index contributed by atoms with van der Waals surface area (Å²) < 4.78 is 38.1. The van der Waals surface area contributed by atoms with E-state index >= 15 is 0 Å². The molecule has 2 aromatic carbocycles. The van der Waals surface area contributed by atoms with E-state index < -0.39 is 15.8 Å². The molecule has 2 rings (SSSR count). The van der Waals surface area contributed by atoms with Gasteiger partial charge in [-0.05, 0) is 36.2 Å². The van der Waals surface area contributed by atoms with Crippen LogP contribution < -0.4 is 10.0 Å². The van der Waals surface area contributed by atoms with Crippen molar-refractivity contribution in [1.29, 1.82) is 0 Å². The number of carbonyl (C=O) groups is 1. The SMILES string of the molecule is Cc1ccccc1CC(=O)Nc1ccc(F)c(NS(C)(=O)=O)c1. The standard InChI is InChI=1S/C16H17FN2O3S/c1-11-5-3-4-6-12(11)9-16(20)18-13-7-8-14(17)15(10-13)19-23(2,21)22/h3-8,10,19H,9H2,1-2H3,(H,18,20). The smallest absolute Gasteiger partial charge is 0.229 e. The zero-order valence-corrected chi connectivity index (χ0v) is 13.6. The van der Waals surface area contributed by atoms with Crippen molar-refractivity contribution in [3.8, 4) is 0 Å². The molecule has 0 fully saturated rings. The zero-order chi connectivity index (χ0) is 17.0. The normalized spacial score (nSPS) is 11.1. The molecule has 0 heterocycles. The molecule has 0 aliphatic heterocycles. The van der Waals surface area contributed by atoms with Crippen LogP contribution in [0.3, 0.4) is 0 Å². The van der Waals surface area contributed by atoms with E-state index in [0.717, 1.165) is 23.4 Å². The highest BCUT2D eigenvalue weighted by molar-refractivity contribution is 7.92. The molecule has 0 spiro atoms. The fourth-order valence-electron chi connectivity index (χ4n) is 2.07. The average Bonchev–Trinajstić information content (AvgIpc) is 2.43. The average molecular weight is 336 g/mol. The Morgan fingerprint density at radius 2 is 1.87 bits per heavy atom. The number of anilines is 2. The predicted octanol–water partition coefficient (Wildman–Crippen LogP) is 2.69. The maximum atomic E-state index is 13.6. The van der Waals surface area contributed by atoms with Crippen LogP contribution in [0.15, 0.2) is 42.5 Å². The van der Waals surface area contributed by atoms with Gasteiger partial charge in [-0.3, -0.25) is 9.52 Å². The minimum Gasteiger partial charge on any atom is -0.326 e. The second-order valence-corrected chi connectivity index (χ2v) is 6.97. The number of hydrogen-bond acceptors (Lipinski definition) is 3. The van der Waals surface area contributed by atoms with Gasteiger partial charge in [0.2, 0.25) is 15.9 Å². The Hall–Kier alpha value is -2.41. The molecule has 0 aliphatic carbocycles. The van der Waals surface area contributed by atoms with E-state index in [0.29, 0.717) is 5.69 Å². The van der Waals surface area contributed by atoms with Crippen LogP contribution in [0, 0.1) is 12.7 Å². The lowest BCUT2D eigenvalue weighted by atomic mass is 10.1. The first-order chi connectivity index (χ1) is 10.7. The van der Waals surface area contributed by atoms with Crippen molar-refractivity contribution >= 4 is 27.3 Å². The fourth-order valence-corrected chi connectivity index (χ4v) is 2.62. The Balaban J connectivity index is 2.12. The van der Waals surface area contributed by atoms with Crippen molar-refractivity contribution in [3.05, 3.63) is 59.4 Å². The Morgan fingerprint density at radius 3 is 2.52 bits per heavy atom. The molecule has 0 bridgehead atoms. The maximum absolute atomic E-state index is 13.6. The molecule has 2 aromatic rings. The molecule has 0 radical (unpaired) electrons. The number of halogens is 1. The van der Waals surface area contributed by atoms with Gasteiger partial charge in [0.1, 0.15) is 5.82 Å². The van der Waals surface area contributed by atoms with E-state index in [9.17, 15) is 17.6 Å². The maximum Gasteiger partial charge on any atom is 0.229 e. The fraction of sp³-hybridized carbons (Fsp3) is 0.188. The lowest BCUT2D eigenvalue weighted by Gasteiger charge is -2.10. The first-order valence-corrected chi connectivity index (χ1v) is 8.75. The van der Waals surface area contributed by atoms with Crippen LogP contribution in [0.25, 0.3) is 0 Å². The summed E-state index contributed by atoms with van der Waals surface area (Å²) in [6, 6.07) is 11.2. The second-order valence-electron chi connectivity index (χ2n) is 5.22. The lowest BCUT2D eigenvalue weighted by molar-refractivity contribution is -0.115. The summed E-state index contributed by atoms with van der Waals surface area (Å²) in [5.74, 6) is -0.983. The summed E-state index contributed by atoms with van der Waals surface area (Å²) in [4.78, 5) is 12.1. The zero-order valence-electron chi connectivity index (χ0n) is 12.8. The Bertz CT molecular complexity index is 835.